The molecular formula is C19H32N2O2. The molecule has 4 nitrogen and oxygen atoms in total. The summed E-state index contributed by atoms with van der Waals surface area (Å²) in [6, 6.07) is 11.1. The van der Waals surface area contributed by atoms with Crippen molar-refractivity contribution in [2.75, 3.05) is 6.54 Å². The molecule has 0 aliphatic heterocycles. The van der Waals surface area contributed by atoms with Crippen LogP contribution < -0.4 is 10.6 Å². The molecular weight excluding hydrogens is 288 g/mol. The largest absolute Gasteiger partial charge is 0.444 e. The van der Waals surface area contributed by atoms with Crippen molar-refractivity contribution >= 4 is 6.09 Å². The van der Waals surface area contributed by atoms with Crippen LogP contribution in [0.5, 0.6) is 0 Å². The van der Waals surface area contributed by atoms with Gasteiger partial charge in [0.25, 0.3) is 0 Å². The van der Waals surface area contributed by atoms with E-state index < -0.39 is 5.60 Å². The van der Waals surface area contributed by atoms with Crippen molar-refractivity contribution in [2.24, 2.45) is 0 Å². The Morgan fingerprint density at radius 2 is 1.74 bits per heavy atom. The van der Waals surface area contributed by atoms with Gasteiger partial charge in [-0.2, -0.15) is 0 Å². The minimum absolute atomic E-state index is 0.0960. The summed E-state index contributed by atoms with van der Waals surface area (Å²) < 4.78 is 5.25. The molecule has 1 rings (SSSR count). The number of aryl methyl sites for hydroxylation is 1. The second-order valence-electron chi connectivity index (χ2n) is 7.22. The fraction of sp³-hybridized carbons (Fsp3) is 0.632. The third-order valence-corrected chi connectivity index (χ3v) is 3.54. The van der Waals surface area contributed by atoms with Crippen molar-refractivity contribution in [3.05, 3.63) is 35.9 Å². The van der Waals surface area contributed by atoms with Crippen molar-refractivity contribution < 1.29 is 9.53 Å². The quantitative estimate of drug-likeness (QED) is 0.764. The number of ether oxygens (including phenoxy) is 1. The number of nitrogens with one attached hydrogen (secondary N) is 2. The van der Waals surface area contributed by atoms with Crippen molar-refractivity contribution in [3.63, 3.8) is 0 Å². The lowest BCUT2D eigenvalue weighted by atomic mass is 10.1. The lowest BCUT2D eigenvalue weighted by molar-refractivity contribution is 0.0506. The number of benzene rings is 1. The van der Waals surface area contributed by atoms with Crippen LogP contribution in [0.4, 0.5) is 4.79 Å². The van der Waals surface area contributed by atoms with Crippen molar-refractivity contribution in [3.8, 4) is 0 Å². The highest BCUT2D eigenvalue weighted by molar-refractivity contribution is 5.67. The number of carbonyl (C=O) groups is 1. The molecule has 1 aromatic rings. The minimum Gasteiger partial charge on any atom is -0.444 e. The van der Waals surface area contributed by atoms with Crippen LogP contribution in [0.3, 0.4) is 0 Å². The Morgan fingerprint density at radius 3 is 2.35 bits per heavy atom. The highest BCUT2D eigenvalue weighted by Gasteiger charge is 2.17. The van der Waals surface area contributed by atoms with Gasteiger partial charge >= 0.3 is 6.09 Å². The molecule has 0 saturated carbocycles. The summed E-state index contributed by atoms with van der Waals surface area (Å²) in [4.78, 5) is 11.7. The summed E-state index contributed by atoms with van der Waals surface area (Å²) in [5.74, 6) is 0. The zero-order valence-electron chi connectivity index (χ0n) is 15.2. The molecule has 0 aliphatic rings. The van der Waals surface area contributed by atoms with Gasteiger partial charge < -0.3 is 15.4 Å². The van der Waals surface area contributed by atoms with Crippen LogP contribution in [0.15, 0.2) is 30.3 Å². The zero-order chi connectivity index (χ0) is 17.3. The first kappa shape index (κ1) is 19.5. The Balaban J connectivity index is 2.14. The summed E-state index contributed by atoms with van der Waals surface area (Å²) in [5.41, 5.74) is 0.926. The molecule has 2 N–H and O–H groups in total. The van der Waals surface area contributed by atoms with Crippen molar-refractivity contribution in [1.82, 2.24) is 10.6 Å². The molecule has 0 aromatic heterocycles. The topological polar surface area (TPSA) is 50.4 Å². The van der Waals surface area contributed by atoms with Crippen molar-refractivity contribution in [2.45, 2.75) is 71.6 Å². The summed E-state index contributed by atoms with van der Waals surface area (Å²) in [7, 11) is 0. The van der Waals surface area contributed by atoms with Crippen molar-refractivity contribution in [1.29, 1.82) is 0 Å². The first-order chi connectivity index (χ1) is 10.8. The number of amides is 1. The first-order valence-electron chi connectivity index (χ1n) is 8.53. The summed E-state index contributed by atoms with van der Waals surface area (Å²) >= 11 is 0. The average molecular weight is 320 g/mol. The molecule has 2 atom stereocenters. The predicted molar refractivity (Wildman–Crippen MR) is 95.7 cm³/mol. The third-order valence-electron chi connectivity index (χ3n) is 3.54. The van der Waals surface area contributed by atoms with E-state index in [0.717, 1.165) is 25.8 Å². The monoisotopic (exact) mass is 320 g/mol. The number of carbonyl (C=O) groups excluding carboxylic acids is 1. The minimum atomic E-state index is -0.450. The highest BCUT2D eigenvalue weighted by atomic mass is 16.6. The Morgan fingerprint density at radius 1 is 1.09 bits per heavy atom. The number of hydrogen-bond donors (Lipinski definition) is 2. The van der Waals surface area contributed by atoms with Gasteiger partial charge in [0.2, 0.25) is 0 Å². The van der Waals surface area contributed by atoms with E-state index in [4.69, 9.17) is 4.74 Å². The average Bonchev–Trinajstić information content (AvgIpc) is 2.44. The first-order valence-corrected chi connectivity index (χ1v) is 8.53. The molecule has 0 fully saturated rings. The lowest BCUT2D eigenvalue weighted by Gasteiger charge is -2.22. The van der Waals surface area contributed by atoms with Gasteiger partial charge in [-0.25, -0.2) is 4.79 Å². The van der Waals surface area contributed by atoms with Crippen LogP contribution in [0.2, 0.25) is 0 Å². The van der Waals surface area contributed by atoms with Gasteiger partial charge in [-0.05, 0) is 66.0 Å². The number of alkyl carbamates (subject to hydrolysis) is 1. The van der Waals surface area contributed by atoms with E-state index >= 15 is 0 Å². The molecule has 2 unspecified atom stereocenters. The fourth-order valence-corrected chi connectivity index (χ4v) is 2.26. The molecule has 0 heterocycles. The van der Waals surface area contributed by atoms with Crippen LogP contribution in [-0.4, -0.2) is 30.3 Å². The van der Waals surface area contributed by atoms with E-state index in [2.05, 4.69) is 41.8 Å². The van der Waals surface area contributed by atoms with E-state index in [1.807, 2.05) is 33.8 Å². The van der Waals surface area contributed by atoms with E-state index in [1.165, 1.54) is 5.56 Å². The maximum atomic E-state index is 11.7. The van der Waals surface area contributed by atoms with E-state index in [1.54, 1.807) is 0 Å². The summed E-state index contributed by atoms with van der Waals surface area (Å²) in [6.07, 6.45) is 2.73. The molecule has 23 heavy (non-hydrogen) atoms. The fourth-order valence-electron chi connectivity index (χ4n) is 2.26. The summed E-state index contributed by atoms with van der Waals surface area (Å²) in [5, 5.41) is 6.38. The lowest BCUT2D eigenvalue weighted by Crippen LogP contribution is -2.39. The number of rotatable bonds is 8. The molecule has 130 valence electrons. The second-order valence-corrected chi connectivity index (χ2v) is 7.22. The predicted octanol–water partition coefficient (Wildman–Crippen LogP) is 3.90. The smallest absolute Gasteiger partial charge is 0.407 e. The van der Waals surface area contributed by atoms with Gasteiger partial charge in [0.15, 0.2) is 0 Å². The third kappa shape index (κ3) is 9.95. The standard InChI is InChI=1S/C19H32N2O2/c1-15(11-12-17-9-7-6-8-10-17)20-14-13-16(2)21-18(22)23-19(3,4)5/h6-10,15-16,20H,11-14H2,1-5H3,(H,21,22). The van der Waals surface area contributed by atoms with Crippen LogP contribution in [-0.2, 0) is 11.2 Å². The van der Waals surface area contributed by atoms with Crippen LogP contribution in [0.1, 0.15) is 53.0 Å². The SMILES string of the molecule is CC(CCc1ccccc1)NCCC(C)NC(=O)OC(C)(C)C. The number of hydrogen-bond acceptors (Lipinski definition) is 3. The van der Waals surface area contributed by atoms with Gasteiger partial charge in [-0.1, -0.05) is 30.3 Å². The van der Waals surface area contributed by atoms with Gasteiger partial charge in [0, 0.05) is 12.1 Å². The van der Waals surface area contributed by atoms with Crippen LogP contribution in [0, 0.1) is 0 Å². The van der Waals surface area contributed by atoms with E-state index in [-0.39, 0.29) is 12.1 Å². The van der Waals surface area contributed by atoms with Crippen LogP contribution in [0.25, 0.3) is 0 Å². The highest BCUT2D eigenvalue weighted by Crippen LogP contribution is 2.07. The summed E-state index contributed by atoms with van der Waals surface area (Å²) in [6.45, 7) is 10.7. The molecule has 0 radical (unpaired) electrons. The van der Waals surface area contributed by atoms with Gasteiger partial charge in [0.1, 0.15) is 5.60 Å². The molecule has 0 aliphatic carbocycles. The van der Waals surface area contributed by atoms with E-state index in [0.29, 0.717) is 6.04 Å². The Kier molecular flexibility index (Phi) is 8.10. The second kappa shape index (κ2) is 9.56. The molecule has 1 amide bonds. The molecule has 4 heteroatoms. The normalized spacial score (nSPS) is 14.1. The maximum absolute atomic E-state index is 11.7. The van der Waals surface area contributed by atoms with Gasteiger partial charge in [-0.3, -0.25) is 0 Å². The Labute approximate surface area is 141 Å². The molecule has 0 bridgehead atoms. The van der Waals surface area contributed by atoms with Gasteiger partial charge in [0.05, 0.1) is 0 Å². The zero-order valence-corrected chi connectivity index (χ0v) is 15.2. The van der Waals surface area contributed by atoms with Crippen LogP contribution >= 0.6 is 0 Å². The van der Waals surface area contributed by atoms with Gasteiger partial charge in [-0.15, -0.1) is 0 Å². The maximum Gasteiger partial charge on any atom is 0.407 e. The molecule has 0 spiro atoms. The van der Waals surface area contributed by atoms with E-state index in [9.17, 15) is 4.79 Å². The molecule has 0 saturated heterocycles. The Bertz CT molecular complexity index is 454. The molecule has 1 aromatic carbocycles. The Hall–Kier alpha value is -1.55.